The molecule has 0 saturated carbocycles. The van der Waals surface area contributed by atoms with E-state index in [1.807, 2.05) is 28.9 Å². The van der Waals surface area contributed by atoms with Crippen molar-refractivity contribution in [2.45, 2.75) is 32.9 Å². The monoisotopic (exact) mass is 295 g/mol. The second-order valence-corrected chi connectivity index (χ2v) is 5.72. The molecule has 0 atom stereocenters. The van der Waals surface area contributed by atoms with Crippen molar-refractivity contribution in [3.05, 3.63) is 65.6 Å². The van der Waals surface area contributed by atoms with Crippen molar-refractivity contribution in [3.63, 3.8) is 0 Å². The van der Waals surface area contributed by atoms with Crippen LogP contribution in [0.3, 0.4) is 0 Å². The number of fused-ring (bicyclic) bond motifs is 1. The lowest BCUT2D eigenvalue weighted by Crippen LogP contribution is -1.98. The second-order valence-electron chi connectivity index (χ2n) is 5.72. The lowest BCUT2D eigenvalue weighted by molar-refractivity contribution is 0.308. The number of rotatable bonds is 5. The zero-order valence-corrected chi connectivity index (χ0v) is 13.0. The largest absolute Gasteiger partial charge is 0.485 e. The van der Waals surface area contributed by atoms with E-state index in [4.69, 9.17) is 10.5 Å². The van der Waals surface area contributed by atoms with Crippen LogP contribution in [-0.2, 0) is 13.2 Å². The summed E-state index contributed by atoms with van der Waals surface area (Å²) in [5.41, 5.74) is 9.81. The summed E-state index contributed by atoms with van der Waals surface area (Å²) in [6, 6.07) is 12.4. The third-order valence-electron chi connectivity index (χ3n) is 3.75. The van der Waals surface area contributed by atoms with Crippen LogP contribution in [0, 0.1) is 0 Å². The molecule has 0 fully saturated rings. The number of hydrogen-bond acceptors (Lipinski definition) is 3. The first-order valence-electron chi connectivity index (χ1n) is 7.55. The minimum Gasteiger partial charge on any atom is -0.485 e. The molecule has 22 heavy (non-hydrogen) atoms. The van der Waals surface area contributed by atoms with Crippen molar-refractivity contribution in [1.29, 1.82) is 0 Å². The van der Waals surface area contributed by atoms with Gasteiger partial charge in [0, 0.05) is 18.9 Å². The maximum atomic E-state index is 5.94. The predicted octanol–water partition coefficient (Wildman–Crippen LogP) is 3.50. The van der Waals surface area contributed by atoms with Crippen molar-refractivity contribution >= 4 is 5.65 Å². The summed E-state index contributed by atoms with van der Waals surface area (Å²) in [4.78, 5) is 4.49. The van der Waals surface area contributed by atoms with Gasteiger partial charge in [-0.3, -0.25) is 0 Å². The van der Waals surface area contributed by atoms with Crippen molar-refractivity contribution in [2.75, 3.05) is 0 Å². The van der Waals surface area contributed by atoms with E-state index in [2.05, 4.69) is 43.1 Å². The van der Waals surface area contributed by atoms with Crippen LogP contribution in [0.2, 0.25) is 0 Å². The fourth-order valence-corrected chi connectivity index (χ4v) is 2.41. The first-order valence-corrected chi connectivity index (χ1v) is 7.55. The number of aromatic nitrogens is 2. The quantitative estimate of drug-likeness (QED) is 0.784. The van der Waals surface area contributed by atoms with Gasteiger partial charge in [-0.05, 0) is 29.2 Å². The van der Waals surface area contributed by atoms with Crippen LogP contribution >= 0.6 is 0 Å². The third kappa shape index (κ3) is 2.97. The highest BCUT2D eigenvalue weighted by Gasteiger charge is 2.07. The molecule has 0 unspecified atom stereocenters. The molecule has 2 heterocycles. The van der Waals surface area contributed by atoms with Crippen LogP contribution in [0.4, 0.5) is 0 Å². The van der Waals surface area contributed by atoms with Crippen molar-refractivity contribution in [1.82, 2.24) is 9.38 Å². The van der Waals surface area contributed by atoms with Gasteiger partial charge < -0.3 is 14.9 Å². The molecule has 4 nitrogen and oxygen atoms in total. The van der Waals surface area contributed by atoms with Crippen LogP contribution in [-0.4, -0.2) is 9.38 Å². The van der Waals surface area contributed by atoms with Gasteiger partial charge in [0.15, 0.2) is 11.4 Å². The molecule has 1 aromatic carbocycles. The minimum absolute atomic E-state index is 0.428. The smallest absolute Gasteiger partial charge is 0.179 e. The van der Waals surface area contributed by atoms with E-state index in [0.29, 0.717) is 19.1 Å². The summed E-state index contributed by atoms with van der Waals surface area (Å²) in [6.07, 6.45) is 3.88. The Labute approximate surface area is 130 Å². The average Bonchev–Trinajstić information content (AvgIpc) is 2.97. The summed E-state index contributed by atoms with van der Waals surface area (Å²) in [5.74, 6) is 1.32. The zero-order chi connectivity index (χ0) is 15.5. The van der Waals surface area contributed by atoms with Crippen molar-refractivity contribution < 1.29 is 4.74 Å². The van der Waals surface area contributed by atoms with E-state index in [1.54, 1.807) is 0 Å². The minimum atomic E-state index is 0.428. The Hall–Kier alpha value is -2.33. The summed E-state index contributed by atoms with van der Waals surface area (Å²) in [7, 11) is 0. The molecule has 0 aliphatic rings. The highest BCUT2D eigenvalue weighted by atomic mass is 16.5. The Morgan fingerprint density at radius 3 is 2.64 bits per heavy atom. The van der Waals surface area contributed by atoms with E-state index in [-0.39, 0.29) is 0 Å². The topological polar surface area (TPSA) is 52.5 Å². The standard InChI is InChI=1S/C18H21N3O/c1-13(2)15-7-5-14(6-8-15)12-22-17-4-3-9-21-11-16(10-19)20-18(17)21/h3-9,11,13H,10,12,19H2,1-2H3. The number of nitrogens with zero attached hydrogens (tertiary/aromatic N) is 2. The highest BCUT2D eigenvalue weighted by Crippen LogP contribution is 2.21. The first-order chi connectivity index (χ1) is 10.7. The molecule has 4 heteroatoms. The van der Waals surface area contributed by atoms with E-state index in [1.165, 1.54) is 5.56 Å². The van der Waals surface area contributed by atoms with Gasteiger partial charge in [0.05, 0.1) is 5.69 Å². The fraction of sp³-hybridized carbons (Fsp3) is 0.278. The molecule has 0 amide bonds. The van der Waals surface area contributed by atoms with Crippen molar-refractivity contribution in [3.8, 4) is 5.75 Å². The Morgan fingerprint density at radius 1 is 1.18 bits per heavy atom. The molecule has 0 aliphatic carbocycles. The lowest BCUT2D eigenvalue weighted by Gasteiger charge is -2.09. The van der Waals surface area contributed by atoms with E-state index in [0.717, 1.165) is 22.7 Å². The number of imidazole rings is 1. The van der Waals surface area contributed by atoms with Gasteiger partial charge in [0.1, 0.15) is 6.61 Å². The van der Waals surface area contributed by atoms with Crippen LogP contribution in [0.5, 0.6) is 5.75 Å². The zero-order valence-electron chi connectivity index (χ0n) is 13.0. The predicted molar refractivity (Wildman–Crippen MR) is 87.9 cm³/mol. The van der Waals surface area contributed by atoms with Crippen LogP contribution in [0.15, 0.2) is 48.8 Å². The maximum absolute atomic E-state index is 5.94. The molecule has 114 valence electrons. The molecule has 2 N–H and O–H groups in total. The SMILES string of the molecule is CC(C)c1ccc(COc2cccn3cc(CN)nc23)cc1. The number of pyridine rings is 1. The molecular weight excluding hydrogens is 274 g/mol. The van der Waals surface area contributed by atoms with Crippen molar-refractivity contribution in [2.24, 2.45) is 5.73 Å². The second kappa shape index (κ2) is 6.20. The number of ether oxygens (including phenoxy) is 1. The van der Waals surface area contributed by atoms with Gasteiger partial charge >= 0.3 is 0 Å². The molecule has 0 radical (unpaired) electrons. The van der Waals surface area contributed by atoms with Gasteiger partial charge in [0.25, 0.3) is 0 Å². The van der Waals surface area contributed by atoms with Gasteiger partial charge in [-0.2, -0.15) is 0 Å². The Morgan fingerprint density at radius 2 is 1.95 bits per heavy atom. The lowest BCUT2D eigenvalue weighted by atomic mass is 10.0. The maximum Gasteiger partial charge on any atom is 0.179 e. The van der Waals surface area contributed by atoms with Crippen LogP contribution < -0.4 is 10.5 Å². The van der Waals surface area contributed by atoms with Gasteiger partial charge in [-0.1, -0.05) is 38.1 Å². The van der Waals surface area contributed by atoms with Crippen LogP contribution in [0.25, 0.3) is 5.65 Å². The highest BCUT2D eigenvalue weighted by molar-refractivity contribution is 5.54. The number of benzene rings is 1. The molecule has 3 aromatic rings. The molecule has 2 aromatic heterocycles. The average molecular weight is 295 g/mol. The number of hydrogen-bond donors (Lipinski definition) is 1. The summed E-state index contributed by atoms with van der Waals surface area (Å²) in [6.45, 7) is 5.35. The van der Waals surface area contributed by atoms with Gasteiger partial charge in [-0.15, -0.1) is 0 Å². The van der Waals surface area contributed by atoms with E-state index < -0.39 is 0 Å². The fourth-order valence-electron chi connectivity index (χ4n) is 2.41. The molecule has 3 rings (SSSR count). The van der Waals surface area contributed by atoms with E-state index >= 15 is 0 Å². The molecular formula is C18H21N3O. The molecule has 0 aliphatic heterocycles. The van der Waals surface area contributed by atoms with Gasteiger partial charge in [-0.25, -0.2) is 4.98 Å². The number of nitrogens with two attached hydrogens (primary N) is 1. The van der Waals surface area contributed by atoms with Gasteiger partial charge in [0.2, 0.25) is 0 Å². The Bertz CT molecular complexity index is 760. The van der Waals surface area contributed by atoms with Crippen LogP contribution in [0.1, 0.15) is 36.6 Å². The first kappa shape index (κ1) is 14.6. The Kier molecular flexibility index (Phi) is 4.11. The normalized spacial score (nSPS) is 11.3. The summed E-state index contributed by atoms with van der Waals surface area (Å²) in [5, 5.41) is 0. The van der Waals surface area contributed by atoms with E-state index in [9.17, 15) is 0 Å². The summed E-state index contributed by atoms with van der Waals surface area (Å²) >= 11 is 0. The molecule has 0 bridgehead atoms. The molecule has 0 spiro atoms. The Balaban J connectivity index is 1.77. The molecule has 0 saturated heterocycles. The summed E-state index contributed by atoms with van der Waals surface area (Å²) < 4.78 is 7.88. The third-order valence-corrected chi connectivity index (χ3v) is 3.75.